The molecule has 0 atom stereocenters. The summed E-state index contributed by atoms with van der Waals surface area (Å²) in [5, 5.41) is 6.01. The van der Waals surface area contributed by atoms with Crippen molar-refractivity contribution < 1.29 is 13.9 Å². The first-order valence-corrected chi connectivity index (χ1v) is 7.04. The van der Waals surface area contributed by atoms with E-state index in [0.717, 1.165) is 23.5 Å². The Kier molecular flexibility index (Phi) is 5.91. The van der Waals surface area contributed by atoms with Crippen molar-refractivity contribution in [1.82, 2.24) is 0 Å². The highest BCUT2D eigenvalue weighted by Crippen LogP contribution is 2.14. The standard InChI is InChI=1S/C17H19FN2O2/c1-22-11-10-19-15-6-8-16(9-7-15)20-17(21)12-13-2-4-14(18)5-3-13/h2-9,19H,10-12H2,1H3,(H,20,21). The molecule has 0 aliphatic rings. The number of benzene rings is 2. The predicted octanol–water partition coefficient (Wildman–Crippen LogP) is 3.07. The summed E-state index contributed by atoms with van der Waals surface area (Å²) in [7, 11) is 1.65. The lowest BCUT2D eigenvalue weighted by Crippen LogP contribution is -2.14. The van der Waals surface area contributed by atoms with Crippen LogP contribution in [0.4, 0.5) is 15.8 Å². The number of halogens is 1. The highest BCUT2D eigenvalue weighted by Gasteiger charge is 2.04. The van der Waals surface area contributed by atoms with Gasteiger partial charge in [0.15, 0.2) is 0 Å². The molecule has 2 N–H and O–H groups in total. The quantitative estimate of drug-likeness (QED) is 0.773. The SMILES string of the molecule is COCCNc1ccc(NC(=O)Cc2ccc(F)cc2)cc1. The van der Waals surface area contributed by atoms with Crippen LogP contribution in [0.1, 0.15) is 5.56 Å². The van der Waals surface area contributed by atoms with Crippen molar-refractivity contribution in [1.29, 1.82) is 0 Å². The van der Waals surface area contributed by atoms with Crippen molar-refractivity contribution in [2.75, 3.05) is 30.9 Å². The zero-order valence-corrected chi connectivity index (χ0v) is 12.4. The molecule has 0 bridgehead atoms. The van der Waals surface area contributed by atoms with Crippen molar-refractivity contribution >= 4 is 17.3 Å². The van der Waals surface area contributed by atoms with Crippen LogP contribution in [0.25, 0.3) is 0 Å². The van der Waals surface area contributed by atoms with Crippen molar-refractivity contribution in [3.8, 4) is 0 Å². The van der Waals surface area contributed by atoms with Gasteiger partial charge in [-0.2, -0.15) is 0 Å². The van der Waals surface area contributed by atoms with Gasteiger partial charge in [-0.15, -0.1) is 0 Å². The van der Waals surface area contributed by atoms with E-state index in [1.807, 2.05) is 24.3 Å². The Morgan fingerprint density at radius 2 is 1.68 bits per heavy atom. The molecule has 0 fully saturated rings. The van der Waals surface area contributed by atoms with Crippen LogP contribution in [0.15, 0.2) is 48.5 Å². The third kappa shape index (κ3) is 5.18. The summed E-state index contributed by atoms with van der Waals surface area (Å²) in [5.74, 6) is -0.438. The van der Waals surface area contributed by atoms with Gasteiger partial charge in [-0.1, -0.05) is 12.1 Å². The average Bonchev–Trinajstić information content (AvgIpc) is 2.51. The monoisotopic (exact) mass is 302 g/mol. The fourth-order valence-corrected chi connectivity index (χ4v) is 1.96. The number of rotatable bonds is 7. The minimum atomic E-state index is -0.305. The molecule has 0 saturated heterocycles. The maximum atomic E-state index is 12.8. The molecule has 0 unspecified atom stereocenters. The van der Waals surface area contributed by atoms with Gasteiger partial charge >= 0.3 is 0 Å². The second kappa shape index (κ2) is 8.14. The first-order valence-electron chi connectivity index (χ1n) is 7.04. The lowest BCUT2D eigenvalue weighted by molar-refractivity contribution is -0.115. The Balaban J connectivity index is 1.84. The summed E-state index contributed by atoms with van der Waals surface area (Å²) in [6, 6.07) is 13.4. The van der Waals surface area contributed by atoms with Gasteiger partial charge in [-0.3, -0.25) is 4.79 Å². The largest absolute Gasteiger partial charge is 0.383 e. The van der Waals surface area contributed by atoms with Crippen LogP contribution < -0.4 is 10.6 Å². The zero-order valence-electron chi connectivity index (χ0n) is 12.4. The highest BCUT2D eigenvalue weighted by molar-refractivity contribution is 5.92. The van der Waals surface area contributed by atoms with Crippen molar-refractivity contribution in [3.05, 3.63) is 59.9 Å². The number of carbonyl (C=O) groups excluding carboxylic acids is 1. The Labute approximate surface area is 129 Å². The van der Waals surface area contributed by atoms with Crippen LogP contribution in [0, 0.1) is 5.82 Å². The molecule has 1 amide bonds. The first-order chi connectivity index (χ1) is 10.7. The second-order valence-corrected chi connectivity index (χ2v) is 4.85. The van der Waals surface area contributed by atoms with E-state index >= 15 is 0 Å². The molecule has 0 heterocycles. The molecule has 116 valence electrons. The van der Waals surface area contributed by atoms with E-state index < -0.39 is 0 Å². The van der Waals surface area contributed by atoms with E-state index in [-0.39, 0.29) is 18.1 Å². The Morgan fingerprint density at radius 1 is 1.05 bits per heavy atom. The summed E-state index contributed by atoms with van der Waals surface area (Å²) in [5.41, 5.74) is 2.47. The average molecular weight is 302 g/mol. The van der Waals surface area contributed by atoms with E-state index in [2.05, 4.69) is 10.6 Å². The summed E-state index contributed by atoms with van der Waals surface area (Å²) >= 11 is 0. The molecule has 0 aromatic heterocycles. The molecule has 5 heteroatoms. The smallest absolute Gasteiger partial charge is 0.228 e. The molecule has 0 radical (unpaired) electrons. The van der Waals surface area contributed by atoms with Crippen LogP contribution in [0.5, 0.6) is 0 Å². The molecule has 0 aliphatic heterocycles. The van der Waals surface area contributed by atoms with Crippen LogP contribution in [-0.4, -0.2) is 26.2 Å². The summed E-state index contributed by atoms with van der Waals surface area (Å²) < 4.78 is 17.8. The number of anilines is 2. The van der Waals surface area contributed by atoms with E-state index in [1.54, 1.807) is 19.2 Å². The van der Waals surface area contributed by atoms with Gasteiger partial charge in [0.2, 0.25) is 5.91 Å². The third-order valence-electron chi connectivity index (χ3n) is 3.08. The van der Waals surface area contributed by atoms with Crippen LogP contribution in [0.2, 0.25) is 0 Å². The number of hydrogen-bond acceptors (Lipinski definition) is 3. The number of amides is 1. The van der Waals surface area contributed by atoms with Crippen LogP contribution in [0.3, 0.4) is 0 Å². The van der Waals surface area contributed by atoms with Crippen molar-refractivity contribution in [2.45, 2.75) is 6.42 Å². The number of nitrogens with one attached hydrogen (secondary N) is 2. The lowest BCUT2D eigenvalue weighted by Gasteiger charge is -2.08. The predicted molar refractivity (Wildman–Crippen MR) is 85.5 cm³/mol. The van der Waals surface area contributed by atoms with E-state index in [1.165, 1.54) is 12.1 Å². The van der Waals surface area contributed by atoms with Gasteiger partial charge in [0.05, 0.1) is 13.0 Å². The topological polar surface area (TPSA) is 50.4 Å². The molecular formula is C17H19FN2O2. The van der Waals surface area contributed by atoms with Gasteiger partial charge in [-0.25, -0.2) is 4.39 Å². The van der Waals surface area contributed by atoms with E-state index in [0.29, 0.717) is 6.61 Å². The normalized spacial score (nSPS) is 10.3. The summed E-state index contributed by atoms with van der Waals surface area (Å²) in [4.78, 5) is 11.9. The van der Waals surface area contributed by atoms with Crippen LogP contribution in [-0.2, 0) is 16.0 Å². The Morgan fingerprint density at radius 3 is 2.32 bits per heavy atom. The Bertz CT molecular complexity index is 597. The number of methoxy groups -OCH3 is 1. The van der Waals surface area contributed by atoms with Gasteiger partial charge in [-0.05, 0) is 42.0 Å². The summed E-state index contributed by atoms with van der Waals surface area (Å²) in [6.07, 6.45) is 0.216. The molecule has 22 heavy (non-hydrogen) atoms. The molecule has 0 spiro atoms. The molecule has 2 rings (SSSR count). The minimum absolute atomic E-state index is 0.133. The molecule has 4 nitrogen and oxygen atoms in total. The Hall–Kier alpha value is -2.40. The van der Waals surface area contributed by atoms with Crippen molar-refractivity contribution in [2.24, 2.45) is 0 Å². The first kappa shape index (κ1) is 16.0. The maximum absolute atomic E-state index is 12.8. The summed E-state index contributed by atoms with van der Waals surface area (Å²) in [6.45, 7) is 1.36. The fourth-order valence-electron chi connectivity index (χ4n) is 1.96. The molecular weight excluding hydrogens is 283 g/mol. The van der Waals surface area contributed by atoms with Gasteiger partial charge < -0.3 is 15.4 Å². The molecule has 0 aliphatic carbocycles. The second-order valence-electron chi connectivity index (χ2n) is 4.85. The zero-order chi connectivity index (χ0) is 15.8. The molecule has 2 aromatic carbocycles. The number of ether oxygens (including phenoxy) is 1. The van der Waals surface area contributed by atoms with Gasteiger partial charge in [0, 0.05) is 25.0 Å². The van der Waals surface area contributed by atoms with E-state index in [4.69, 9.17) is 4.74 Å². The van der Waals surface area contributed by atoms with Crippen molar-refractivity contribution in [3.63, 3.8) is 0 Å². The van der Waals surface area contributed by atoms with E-state index in [9.17, 15) is 9.18 Å². The number of carbonyl (C=O) groups is 1. The van der Waals surface area contributed by atoms with Crippen LogP contribution >= 0.6 is 0 Å². The molecule has 0 saturated carbocycles. The maximum Gasteiger partial charge on any atom is 0.228 e. The molecule has 2 aromatic rings. The highest BCUT2D eigenvalue weighted by atomic mass is 19.1. The lowest BCUT2D eigenvalue weighted by atomic mass is 10.1. The van der Waals surface area contributed by atoms with Gasteiger partial charge in [0.1, 0.15) is 5.82 Å². The third-order valence-corrected chi connectivity index (χ3v) is 3.08. The fraction of sp³-hybridized carbons (Fsp3) is 0.235. The minimum Gasteiger partial charge on any atom is -0.383 e. The number of hydrogen-bond donors (Lipinski definition) is 2. The van der Waals surface area contributed by atoms with Gasteiger partial charge in [0.25, 0.3) is 0 Å².